The van der Waals surface area contributed by atoms with Gasteiger partial charge in [-0.25, -0.2) is 9.50 Å². The van der Waals surface area contributed by atoms with Crippen molar-refractivity contribution in [2.75, 3.05) is 0 Å². The minimum Gasteiger partial charge on any atom is -0.331 e. The minimum atomic E-state index is -0.263. The molecule has 0 atom stereocenters. The fourth-order valence-corrected chi connectivity index (χ4v) is 3.75. The Morgan fingerprint density at radius 2 is 1.90 bits per heavy atom. The Bertz CT molecular complexity index is 1450. The molecule has 0 spiro atoms. The van der Waals surface area contributed by atoms with Crippen LogP contribution in [-0.4, -0.2) is 38.9 Å². The molecule has 1 N–H and O–H groups in total. The summed E-state index contributed by atoms with van der Waals surface area (Å²) >= 11 is 0. The first-order valence-corrected chi connectivity index (χ1v) is 10.0. The highest BCUT2D eigenvalue weighted by Gasteiger charge is 2.23. The lowest BCUT2D eigenvalue weighted by molar-refractivity contribution is 0.533. The molecule has 0 bridgehead atoms. The molecule has 0 aromatic carbocycles. The van der Waals surface area contributed by atoms with Gasteiger partial charge in [0, 0.05) is 55.2 Å². The summed E-state index contributed by atoms with van der Waals surface area (Å²) in [7, 11) is 1.86. The molecule has 0 amide bonds. The predicted octanol–water partition coefficient (Wildman–Crippen LogP) is 3.24. The topological polar surface area (TPSA) is 98.7 Å². The summed E-state index contributed by atoms with van der Waals surface area (Å²) in [6, 6.07) is 5.86. The molecule has 9 nitrogen and oxygen atoms in total. The fourth-order valence-electron chi connectivity index (χ4n) is 3.75. The van der Waals surface area contributed by atoms with Gasteiger partial charge in [0.05, 0.1) is 11.4 Å². The van der Waals surface area contributed by atoms with E-state index in [1.54, 1.807) is 16.9 Å². The van der Waals surface area contributed by atoms with Crippen LogP contribution in [0.5, 0.6) is 0 Å². The van der Waals surface area contributed by atoms with Gasteiger partial charge in [0.2, 0.25) is 0 Å². The molecule has 9 heteroatoms. The fraction of sp³-hybridized carbons (Fsp3) is 0.227. The summed E-state index contributed by atoms with van der Waals surface area (Å²) < 4.78 is 5.34. The maximum atomic E-state index is 13.2. The van der Waals surface area contributed by atoms with E-state index in [-0.39, 0.29) is 11.6 Å². The third-order valence-corrected chi connectivity index (χ3v) is 5.29. The maximum absolute atomic E-state index is 13.2. The lowest BCUT2D eigenvalue weighted by atomic mass is 10.0. The largest absolute Gasteiger partial charge is 0.331 e. The average Bonchev–Trinajstić information content (AvgIpc) is 3.44. The molecule has 0 saturated carbocycles. The molecule has 0 fully saturated rings. The summed E-state index contributed by atoms with van der Waals surface area (Å²) in [6.07, 6.45) is 9.05. The highest BCUT2D eigenvalue weighted by molar-refractivity contribution is 5.92. The van der Waals surface area contributed by atoms with Gasteiger partial charge in [0.1, 0.15) is 5.52 Å². The van der Waals surface area contributed by atoms with Gasteiger partial charge in [-0.05, 0) is 38.5 Å². The first-order chi connectivity index (χ1) is 14.9. The van der Waals surface area contributed by atoms with E-state index in [1.807, 2.05) is 60.0 Å². The van der Waals surface area contributed by atoms with Gasteiger partial charge in [-0.3, -0.25) is 14.5 Å². The van der Waals surface area contributed by atoms with Crippen molar-refractivity contribution in [2.45, 2.75) is 26.8 Å². The molecule has 5 aromatic rings. The van der Waals surface area contributed by atoms with Crippen molar-refractivity contribution in [1.29, 1.82) is 0 Å². The number of pyridine rings is 1. The minimum absolute atomic E-state index is 0.222. The van der Waals surface area contributed by atoms with Crippen molar-refractivity contribution < 1.29 is 0 Å². The molecule has 156 valence electrons. The van der Waals surface area contributed by atoms with Gasteiger partial charge in [0.25, 0.3) is 5.56 Å². The second kappa shape index (κ2) is 7.05. The van der Waals surface area contributed by atoms with Gasteiger partial charge < -0.3 is 9.55 Å². The highest BCUT2D eigenvalue weighted by Crippen LogP contribution is 2.35. The lowest BCUT2D eigenvalue weighted by Crippen LogP contribution is -2.15. The molecule has 5 heterocycles. The standard InChI is InChI=1S/C22H22N8O/c1-13(2)29-11-14(3)18(26-29)15-12-30-19(17(15)16-7-5-6-8-23-16)22(31)25-20(27-30)21-24-9-10-28(21)4/h5-13H,1-4H3,(H,25,27,31). The Morgan fingerprint density at radius 1 is 1.06 bits per heavy atom. The van der Waals surface area contributed by atoms with Gasteiger partial charge in [-0.1, -0.05) is 6.07 Å². The monoisotopic (exact) mass is 414 g/mol. The molecule has 0 radical (unpaired) electrons. The summed E-state index contributed by atoms with van der Waals surface area (Å²) in [5.41, 5.74) is 4.19. The Kier molecular flexibility index (Phi) is 4.32. The molecule has 0 aliphatic heterocycles. The van der Waals surface area contributed by atoms with Gasteiger partial charge in [-0.2, -0.15) is 5.10 Å². The normalized spacial score (nSPS) is 11.6. The average molecular weight is 414 g/mol. The Balaban J connectivity index is 1.84. The van der Waals surface area contributed by atoms with E-state index in [4.69, 9.17) is 5.10 Å². The summed E-state index contributed by atoms with van der Waals surface area (Å²) in [6.45, 7) is 6.18. The van der Waals surface area contributed by atoms with Crippen molar-refractivity contribution in [3.8, 4) is 34.2 Å². The van der Waals surface area contributed by atoms with Crippen LogP contribution < -0.4 is 5.56 Å². The number of imidazole rings is 1. The van der Waals surface area contributed by atoms with Gasteiger partial charge in [0.15, 0.2) is 11.6 Å². The van der Waals surface area contributed by atoms with Crippen LogP contribution >= 0.6 is 0 Å². The maximum Gasteiger partial charge on any atom is 0.276 e. The number of hydrogen-bond acceptors (Lipinski definition) is 5. The van der Waals surface area contributed by atoms with Crippen LogP contribution in [0.3, 0.4) is 0 Å². The number of fused-ring (bicyclic) bond motifs is 1. The quantitative estimate of drug-likeness (QED) is 0.487. The Hall–Kier alpha value is -4.01. The van der Waals surface area contributed by atoms with Crippen LogP contribution in [0.2, 0.25) is 0 Å². The van der Waals surface area contributed by atoms with Crippen molar-refractivity contribution in [3.63, 3.8) is 0 Å². The smallest absolute Gasteiger partial charge is 0.276 e. The van der Waals surface area contributed by atoms with E-state index in [2.05, 4.69) is 33.9 Å². The number of H-pyrrole nitrogens is 1. The number of aryl methyl sites for hydroxylation is 2. The Labute approximate surface area is 178 Å². The zero-order valence-corrected chi connectivity index (χ0v) is 17.7. The van der Waals surface area contributed by atoms with Crippen LogP contribution in [0.1, 0.15) is 25.5 Å². The molecule has 0 aliphatic carbocycles. The number of aromatic nitrogens is 8. The SMILES string of the molecule is Cc1cn(C(C)C)nc1-c1cn2nc(-c3nccn3C)[nH]c(=O)c2c1-c1ccccn1. The van der Waals surface area contributed by atoms with Gasteiger partial charge >= 0.3 is 0 Å². The van der Waals surface area contributed by atoms with Crippen LogP contribution in [0.15, 0.2) is 54.0 Å². The van der Waals surface area contributed by atoms with Crippen LogP contribution in [0, 0.1) is 6.92 Å². The van der Waals surface area contributed by atoms with Crippen LogP contribution in [0.25, 0.3) is 39.7 Å². The zero-order valence-electron chi connectivity index (χ0n) is 17.7. The van der Waals surface area contributed by atoms with Crippen LogP contribution in [-0.2, 0) is 7.05 Å². The first-order valence-electron chi connectivity index (χ1n) is 10.0. The molecule has 0 aliphatic rings. The van der Waals surface area contributed by atoms with Crippen molar-refractivity contribution >= 4 is 5.52 Å². The molecule has 5 aromatic heterocycles. The first kappa shape index (κ1) is 19.0. The number of rotatable bonds is 4. The zero-order chi connectivity index (χ0) is 21.7. The Morgan fingerprint density at radius 3 is 2.55 bits per heavy atom. The van der Waals surface area contributed by atoms with Crippen LogP contribution in [0.4, 0.5) is 0 Å². The third-order valence-electron chi connectivity index (χ3n) is 5.29. The van der Waals surface area contributed by atoms with E-state index >= 15 is 0 Å². The van der Waals surface area contributed by atoms with E-state index < -0.39 is 0 Å². The predicted molar refractivity (Wildman–Crippen MR) is 118 cm³/mol. The van der Waals surface area contributed by atoms with E-state index in [9.17, 15) is 4.79 Å². The number of hydrogen-bond donors (Lipinski definition) is 1. The molecule has 5 rings (SSSR count). The van der Waals surface area contributed by atoms with Crippen molar-refractivity contribution in [1.82, 2.24) is 38.9 Å². The second-order valence-electron chi connectivity index (χ2n) is 7.82. The molecular weight excluding hydrogens is 392 g/mol. The molecular formula is C22H22N8O. The van der Waals surface area contributed by atoms with Gasteiger partial charge in [-0.15, -0.1) is 5.10 Å². The highest BCUT2D eigenvalue weighted by atomic mass is 16.1. The summed E-state index contributed by atoms with van der Waals surface area (Å²) in [4.78, 5) is 24.9. The molecule has 0 saturated heterocycles. The second-order valence-corrected chi connectivity index (χ2v) is 7.82. The van der Waals surface area contributed by atoms with Crippen molar-refractivity contribution in [2.24, 2.45) is 7.05 Å². The molecule has 0 unspecified atom stereocenters. The summed E-state index contributed by atoms with van der Waals surface area (Å²) in [5.74, 6) is 0.970. The van der Waals surface area contributed by atoms with E-state index in [0.29, 0.717) is 28.4 Å². The lowest BCUT2D eigenvalue weighted by Gasteiger charge is -2.05. The summed E-state index contributed by atoms with van der Waals surface area (Å²) in [5, 5.41) is 9.45. The third kappa shape index (κ3) is 3.05. The number of nitrogens with zero attached hydrogens (tertiary/aromatic N) is 7. The van der Waals surface area contributed by atoms with Crippen molar-refractivity contribution in [3.05, 3.63) is 65.1 Å². The van der Waals surface area contributed by atoms with E-state index in [1.165, 1.54) is 0 Å². The van der Waals surface area contributed by atoms with E-state index in [0.717, 1.165) is 16.8 Å². The number of nitrogens with one attached hydrogen (secondary N) is 1. The number of aromatic amines is 1. The molecule has 31 heavy (non-hydrogen) atoms.